The quantitative estimate of drug-likeness (QED) is 0.438. The van der Waals surface area contributed by atoms with Gasteiger partial charge in [0.2, 0.25) is 0 Å². The van der Waals surface area contributed by atoms with Gasteiger partial charge >= 0.3 is 5.97 Å². The first kappa shape index (κ1) is 20.5. The van der Waals surface area contributed by atoms with Crippen LogP contribution in [0.5, 0.6) is 0 Å². The average molecular weight is 414 g/mol. The Morgan fingerprint density at radius 2 is 1.81 bits per heavy atom. The molecule has 6 nitrogen and oxygen atoms in total. The highest BCUT2D eigenvalue weighted by Crippen LogP contribution is 2.32. The van der Waals surface area contributed by atoms with E-state index >= 15 is 0 Å². The molecule has 26 heavy (non-hydrogen) atoms. The van der Waals surface area contributed by atoms with Crippen molar-refractivity contribution >= 4 is 52.5 Å². The Morgan fingerprint density at radius 3 is 2.46 bits per heavy atom. The van der Waals surface area contributed by atoms with Crippen molar-refractivity contribution in [2.45, 2.75) is 25.9 Å². The van der Waals surface area contributed by atoms with Crippen molar-refractivity contribution in [2.24, 2.45) is 0 Å². The summed E-state index contributed by atoms with van der Waals surface area (Å²) in [5.74, 6) is -1.07. The van der Waals surface area contributed by atoms with Crippen molar-refractivity contribution < 1.29 is 14.3 Å². The number of thioether (sulfide) groups is 1. The van der Waals surface area contributed by atoms with Crippen LogP contribution in [0.25, 0.3) is 0 Å². The van der Waals surface area contributed by atoms with E-state index in [1.54, 1.807) is 19.1 Å². The zero-order chi connectivity index (χ0) is 19.3. The number of hydrogen-bond acceptors (Lipinski definition) is 6. The summed E-state index contributed by atoms with van der Waals surface area (Å²) in [4.78, 5) is 32.2. The van der Waals surface area contributed by atoms with Crippen molar-refractivity contribution in [3.05, 3.63) is 45.2 Å². The zero-order valence-electron chi connectivity index (χ0n) is 14.4. The summed E-state index contributed by atoms with van der Waals surface area (Å²) in [6.07, 6.45) is 0. The summed E-state index contributed by atoms with van der Waals surface area (Å²) in [6, 6.07) is 5.21. The van der Waals surface area contributed by atoms with E-state index in [-0.39, 0.29) is 5.75 Å². The molecule has 0 aliphatic rings. The number of halogens is 2. The fraction of sp³-hybridized carbons (Fsp3) is 0.294. The number of rotatable bonds is 6. The van der Waals surface area contributed by atoms with Crippen LogP contribution in [0.4, 0.5) is 5.69 Å². The summed E-state index contributed by atoms with van der Waals surface area (Å²) in [5, 5.41) is 3.70. The van der Waals surface area contributed by atoms with Gasteiger partial charge in [0.25, 0.3) is 5.91 Å². The smallest absolute Gasteiger partial charge is 0.316 e. The second kappa shape index (κ2) is 9.21. The lowest BCUT2D eigenvalue weighted by Gasteiger charge is -2.11. The van der Waals surface area contributed by atoms with Gasteiger partial charge in [-0.25, -0.2) is 9.97 Å². The number of ether oxygens (including phenoxy) is 1. The highest BCUT2D eigenvalue weighted by molar-refractivity contribution is 7.99. The van der Waals surface area contributed by atoms with Crippen molar-refractivity contribution in [3.8, 4) is 0 Å². The van der Waals surface area contributed by atoms with E-state index in [2.05, 4.69) is 15.3 Å². The minimum absolute atomic E-state index is 0.00211. The first-order chi connectivity index (χ1) is 12.3. The van der Waals surface area contributed by atoms with Gasteiger partial charge in [0.05, 0.1) is 21.5 Å². The van der Waals surface area contributed by atoms with Crippen molar-refractivity contribution in [2.75, 3.05) is 17.7 Å². The van der Waals surface area contributed by atoms with Crippen LogP contribution in [0.1, 0.15) is 17.0 Å². The molecular weight excluding hydrogens is 397 g/mol. The minimum Gasteiger partial charge on any atom is -0.455 e. The van der Waals surface area contributed by atoms with Crippen LogP contribution in [0, 0.1) is 20.8 Å². The van der Waals surface area contributed by atoms with Gasteiger partial charge in [-0.2, -0.15) is 0 Å². The largest absolute Gasteiger partial charge is 0.455 e. The Bertz CT molecular complexity index is 826. The van der Waals surface area contributed by atoms with Crippen LogP contribution in [-0.4, -0.2) is 34.2 Å². The zero-order valence-corrected chi connectivity index (χ0v) is 16.8. The fourth-order valence-electron chi connectivity index (χ4n) is 2.02. The molecule has 9 heteroatoms. The predicted octanol–water partition coefficient (Wildman–Crippen LogP) is 3.98. The molecule has 1 aromatic heterocycles. The van der Waals surface area contributed by atoms with Crippen LogP contribution in [-0.2, 0) is 14.3 Å². The van der Waals surface area contributed by atoms with Crippen LogP contribution >= 0.6 is 35.0 Å². The molecule has 0 atom stereocenters. The highest BCUT2D eigenvalue weighted by atomic mass is 35.5. The number of hydrogen-bond donors (Lipinski definition) is 1. The van der Waals surface area contributed by atoms with Gasteiger partial charge in [-0.3, -0.25) is 9.59 Å². The van der Waals surface area contributed by atoms with E-state index < -0.39 is 18.5 Å². The molecule has 2 aromatic rings. The van der Waals surface area contributed by atoms with E-state index in [9.17, 15) is 9.59 Å². The monoisotopic (exact) mass is 413 g/mol. The Hall–Kier alpha value is -1.83. The molecule has 0 bridgehead atoms. The molecule has 0 aliphatic carbocycles. The topological polar surface area (TPSA) is 81.2 Å². The molecule has 0 unspecified atom stereocenters. The Kier molecular flexibility index (Phi) is 7.25. The third-order valence-electron chi connectivity index (χ3n) is 3.19. The molecule has 0 spiro atoms. The molecule has 0 radical (unpaired) electrons. The van der Waals surface area contributed by atoms with Crippen molar-refractivity contribution in [3.63, 3.8) is 0 Å². The first-order valence-corrected chi connectivity index (χ1v) is 9.35. The Balaban J connectivity index is 1.84. The maximum Gasteiger partial charge on any atom is 0.316 e. The fourth-order valence-corrected chi connectivity index (χ4v) is 3.23. The summed E-state index contributed by atoms with van der Waals surface area (Å²) in [7, 11) is 0. The number of carbonyl (C=O) groups is 2. The Labute approximate surface area is 165 Å². The standard InChI is InChI=1S/C17H17Cl2N3O3S/c1-9-4-5-12(18)16(15(9)19)22-13(23)7-25-14(24)8-26-17-20-10(2)6-11(3)21-17/h4-6H,7-8H2,1-3H3,(H,22,23). The number of nitrogens with one attached hydrogen (secondary N) is 1. The van der Waals surface area contributed by atoms with Crippen LogP contribution in [0.15, 0.2) is 23.4 Å². The molecule has 1 amide bonds. The molecule has 0 saturated heterocycles. The van der Waals surface area contributed by atoms with Gasteiger partial charge in [0, 0.05) is 11.4 Å². The maximum absolute atomic E-state index is 12.0. The molecule has 1 heterocycles. The summed E-state index contributed by atoms with van der Waals surface area (Å²) in [6.45, 7) is 5.06. The van der Waals surface area contributed by atoms with E-state index in [4.69, 9.17) is 27.9 Å². The molecule has 2 rings (SSSR count). The third-order valence-corrected chi connectivity index (χ3v) is 4.82. The van der Waals surface area contributed by atoms with Crippen molar-refractivity contribution in [1.29, 1.82) is 0 Å². The van der Waals surface area contributed by atoms with Gasteiger partial charge in [-0.1, -0.05) is 41.0 Å². The lowest BCUT2D eigenvalue weighted by molar-refractivity contribution is -0.144. The number of aryl methyl sites for hydroxylation is 3. The average Bonchev–Trinajstić information content (AvgIpc) is 2.57. The number of esters is 1. The Morgan fingerprint density at radius 1 is 1.15 bits per heavy atom. The number of amides is 1. The van der Waals surface area contributed by atoms with Gasteiger partial charge in [0.15, 0.2) is 11.8 Å². The van der Waals surface area contributed by atoms with Gasteiger partial charge in [0.1, 0.15) is 0 Å². The lowest BCUT2D eigenvalue weighted by Crippen LogP contribution is -2.22. The molecule has 0 aliphatic heterocycles. The van der Waals surface area contributed by atoms with Crippen LogP contribution < -0.4 is 5.32 Å². The number of carbonyl (C=O) groups excluding carboxylic acids is 2. The number of nitrogens with zero attached hydrogens (tertiary/aromatic N) is 2. The van der Waals surface area contributed by atoms with E-state index in [1.807, 2.05) is 19.9 Å². The molecule has 138 valence electrons. The predicted molar refractivity (Wildman–Crippen MR) is 103 cm³/mol. The second-order valence-corrected chi connectivity index (χ2v) is 7.21. The van der Waals surface area contributed by atoms with Gasteiger partial charge in [-0.05, 0) is 38.5 Å². The SMILES string of the molecule is Cc1cc(C)nc(SCC(=O)OCC(=O)Nc2c(Cl)ccc(C)c2Cl)n1. The van der Waals surface area contributed by atoms with Crippen molar-refractivity contribution in [1.82, 2.24) is 9.97 Å². The maximum atomic E-state index is 12.0. The van der Waals surface area contributed by atoms with Gasteiger partial charge in [-0.15, -0.1) is 0 Å². The third kappa shape index (κ3) is 5.86. The summed E-state index contributed by atoms with van der Waals surface area (Å²) < 4.78 is 4.95. The summed E-state index contributed by atoms with van der Waals surface area (Å²) in [5.41, 5.74) is 2.71. The summed E-state index contributed by atoms with van der Waals surface area (Å²) >= 11 is 13.3. The normalized spacial score (nSPS) is 10.5. The molecule has 0 fully saturated rings. The van der Waals surface area contributed by atoms with Crippen LogP contribution in [0.3, 0.4) is 0 Å². The molecule has 1 aromatic carbocycles. The van der Waals surface area contributed by atoms with E-state index in [1.165, 1.54) is 0 Å². The number of aromatic nitrogens is 2. The van der Waals surface area contributed by atoms with E-state index in [0.717, 1.165) is 28.7 Å². The van der Waals surface area contributed by atoms with Crippen LogP contribution in [0.2, 0.25) is 10.0 Å². The molecular formula is C17H17Cl2N3O3S. The second-order valence-electron chi connectivity index (χ2n) is 5.48. The lowest BCUT2D eigenvalue weighted by atomic mass is 10.2. The van der Waals surface area contributed by atoms with Gasteiger partial charge < -0.3 is 10.1 Å². The van der Waals surface area contributed by atoms with E-state index in [0.29, 0.717) is 20.9 Å². The number of benzene rings is 1. The first-order valence-electron chi connectivity index (χ1n) is 7.61. The minimum atomic E-state index is -0.547. The molecule has 1 N–H and O–H groups in total. The highest BCUT2D eigenvalue weighted by Gasteiger charge is 2.14. The molecule has 0 saturated carbocycles. The number of anilines is 1.